The largest absolute Gasteiger partial charge is 0.373 e. The molecule has 1 aliphatic rings. The van der Waals surface area contributed by atoms with E-state index in [0.29, 0.717) is 11.6 Å². The van der Waals surface area contributed by atoms with Gasteiger partial charge in [-0.05, 0) is 37.8 Å². The Balaban J connectivity index is 2.03. The first-order valence-electron chi connectivity index (χ1n) is 7.09. The van der Waals surface area contributed by atoms with E-state index < -0.39 is 0 Å². The van der Waals surface area contributed by atoms with Gasteiger partial charge in [0.25, 0.3) is 5.91 Å². The van der Waals surface area contributed by atoms with E-state index in [2.05, 4.69) is 22.5 Å². The molecule has 2 rings (SSSR count). The van der Waals surface area contributed by atoms with Gasteiger partial charge in [-0.2, -0.15) is 0 Å². The van der Waals surface area contributed by atoms with Crippen molar-refractivity contribution in [3.63, 3.8) is 0 Å². The summed E-state index contributed by atoms with van der Waals surface area (Å²) in [4.78, 5) is 16.6. The first-order valence-corrected chi connectivity index (χ1v) is 7.09. The topological polar surface area (TPSA) is 54.0 Å². The predicted molar refractivity (Wildman–Crippen MR) is 77.4 cm³/mol. The molecule has 0 aliphatic heterocycles. The van der Waals surface area contributed by atoms with Gasteiger partial charge in [0.15, 0.2) is 0 Å². The fourth-order valence-electron chi connectivity index (χ4n) is 2.28. The third-order valence-corrected chi connectivity index (χ3v) is 3.61. The second kappa shape index (κ2) is 6.04. The minimum atomic E-state index is 0.00880. The standard InChI is InChI=1S/C15H23N3O/c1-4-13(8-11-5-6-11)18-15(19)12-7-10(2)17-14(9-12)16-3/h7,9,11,13H,4-6,8H2,1-3H3,(H,16,17)(H,18,19). The van der Waals surface area contributed by atoms with Crippen LogP contribution in [0.1, 0.15) is 48.7 Å². The van der Waals surface area contributed by atoms with Crippen molar-refractivity contribution < 1.29 is 4.79 Å². The number of nitrogens with one attached hydrogen (secondary N) is 2. The van der Waals surface area contributed by atoms with E-state index in [1.165, 1.54) is 12.8 Å². The molecule has 0 radical (unpaired) electrons. The van der Waals surface area contributed by atoms with Crippen molar-refractivity contribution >= 4 is 11.7 Å². The summed E-state index contributed by atoms with van der Waals surface area (Å²) in [6.07, 6.45) is 4.76. The van der Waals surface area contributed by atoms with Crippen LogP contribution in [0.25, 0.3) is 0 Å². The Morgan fingerprint density at radius 2 is 2.21 bits per heavy atom. The Labute approximate surface area is 115 Å². The third kappa shape index (κ3) is 3.94. The molecular formula is C15H23N3O. The van der Waals surface area contributed by atoms with Crippen LogP contribution in [0, 0.1) is 12.8 Å². The Hall–Kier alpha value is -1.58. The van der Waals surface area contributed by atoms with Gasteiger partial charge in [0.2, 0.25) is 0 Å². The van der Waals surface area contributed by atoms with Crippen molar-refractivity contribution in [1.82, 2.24) is 10.3 Å². The molecule has 0 saturated heterocycles. The van der Waals surface area contributed by atoms with Crippen LogP contribution in [-0.4, -0.2) is 24.0 Å². The number of amides is 1. The summed E-state index contributed by atoms with van der Waals surface area (Å²) in [5.74, 6) is 1.58. The average molecular weight is 261 g/mol. The molecule has 1 saturated carbocycles. The van der Waals surface area contributed by atoms with Crippen molar-refractivity contribution in [1.29, 1.82) is 0 Å². The lowest BCUT2D eigenvalue weighted by molar-refractivity contribution is 0.0932. The molecule has 1 aromatic heterocycles. The number of rotatable bonds is 6. The highest BCUT2D eigenvalue weighted by atomic mass is 16.1. The molecule has 1 atom stereocenters. The van der Waals surface area contributed by atoms with Crippen LogP contribution in [0.4, 0.5) is 5.82 Å². The third-order valence-electron chi connectivity index (χ3n) is 3.61. The summed E-state index contributed by atoms with van der Waals surface area (Å²) < 4.78 is 0. The van der Waals surface area contributed by atoms with Gasteiger partial charge in [-0.1, -0.05) is 19.8 Å². The molecule has 0 aromatic carbocycles. The van der Waals surface area contributed by atoms with Gasteiger partial charge in [-0.3, -0.25) is 4.79 Å². The van der Waals surface area contributed by atoms with Gasteiger partial charge < -0.3 is 10.6 Å². The van der Waals surface area contributed by atoms with Crippen molar-refractivity contribution in [3.8, 4) is 0 Å². The first kappa shape index (κ1) is 13.8. The van der Waals surface area contributed by atoms with Crippen molar-refractivity contribution in [2.24, 2.45) is 5.92 Å². The van der Waals surface area contributed by atoms with E-state index in [-0.39, 0.29) is 5.91 Å². The van der Waals surface area contributed by atoms with Gasteiger partial charge in [0.1, 0.15) is 5.82 Å². The maximum atomic E-state index is 12.3. The summed E-state index contributed by atoms with van der Waals surface area (Å²) >= 11 is 0. The smallest absolute Gasteiger partial charge is 0.251 e. The number of hydrogen-bond acceptors (Lipinski definition) is 3. The minimum absolute atomic E-state index is 0.00880. The van der Waals surface area contributed by atoms with Gasteiger partial charge in [-0.15, -0.1) is 0 Å². The van der Waals surface area contributed by atoms with Crippen LogP contribution >= 0.6 is 0 Å². The molecule has 1 aliphatic carbocycles. The molecule has 0 spiro atoms. The fourth-order valence-corrected chi connectivity index (χ4v) is 2.28. The van der Waals surface area contributed by atoms with E-state index in [0.717, 1.165) is 30.3 Å². The zero-order chi connectivity index (χ0) is 13.8. The van der Waals surface area contributed by atoms with Crippen LogP contribution in [0.3, 0.4) is 0 Å². The Morgan fingerprint density at radius 1 is 1.47 bits per heavy atom. The van der Waals surface area contributed by atoms with E-state index in [1.807, 2.05) is 20.0 Å². The van der Waals surface area contributed by atoms with Crippen molar-refractivity contribution in [2.45, 2.75) is 45.6 Å². The molecule has 1 amide bonds. The summed E-state index contributed by atoms with van der Waals surface area (Å²) in [5, 5.41) is 6.12. The second-order valence-electron chi connectivity index (χ2n) is 5.39. The first-order chi connectivity index (χ1) is 9.12. The van der Waals surface area contributed by atoms with Crippen molar-refractivity contribution in [3.05, 3.63) is 23.4 Å². The van der Waals surface area contributed by atoms with Crippen LogP contribution in [0.15, 0.2) is 12.1 Å². The number of aryl methyl sites for hydroxylation is 1. The molecule has 4 heteroatoms. The fraction of sp³-hybridized carbons (Fsp3) is 0.600. The molecule has 1 heterocycles. The lowest BCUT2D eigenvalue weighted by Crippen LogP contribution is -2.34. The van der Waals surface area contributed by atoms with E-state index in [4.69, 9.17) is 0 Å². The maximum absolute atomic E-state index is 12.3. The number of hydrogen-bond donors (Lipinski definition) is 2. The molecule has 0 bridgehead atoms. The normalized spacial score (nSPS) is 15.9. The average Bonchev–Trinajstić information content (AvgIpc) is 3.20. The molecular weight excluding hydrogens is 238 g/mol. The van der Waals surface area contributed by atoms with Gasteiger partial charge in [0.05, 0.1) is 0 Å². The number of carbonyl (C=O) groups is 1. The number of carbonyl (C=O) groups excluding carboxylic acids is 1. The zero-order valence-corrected chi connectivity index (χ0v) is 12.0. The Kier molecular flexibility index (Phi) is 4.40. The maximum Gasteiger partial charge on any atom is 0.251 e. The number of nitrogens with zero attached hydrogens (tertiary/aromatic N) is 1. The molecule has 1 aromatic rings. The van der Waals surface area contributed by atoms with Crippen LogP contribution in [0.5, 0.6) is 0 Å². The highest BCUT2D eigenvalue weighted by Gasteiger charge is 2.25. The van der Waals surface area contributed by atoms with E-state index in [1.54, 1.807) is 6.07 Å². The molecule has 19 heavy (non-hydrogen) atoms. The highest BCUT2D eigenvalue weighted by Crippen LogP contribution is 2.34. The molecule has 104 valence electrons. The Bertz CT molecular complexity index is 455. The summed E-state index contributed by atoms with van der Waals surface area (Å²) in [7, 11) is 1.81. The summed E-state index contributed by atoms with van der Waals surface area (Å²) in [5.41, 5.74) is 1.54. The van der Waals surface area contributed by atoms with Gasteiger partial charge in [0, 0.05) is 24.3 Å². The van der Waals surface area contributed by atoms with Crippen LogP contribution in [-0.2, 0) is 0 Å². The van der Waals surface area contributed by atoms with E-state index >= 15 is 0 Å². The second-order valence-corrected chi connectivity index (χ2v) is 5.39. The number of pyridine rings is 1. The van der Waals surface area contributed by atoms with Crippen LogP contribution in [0.2, 0.25) is 0 Å². The summed E-state index contributed by atoms with van der Waals surface area (Å²) in [6.45, 7) is 4.03. The number of aromatic nitrogens is 1. The molecule has 4 nitrogen and oxygen atoms in total. The SMILES string of the molecule is CCC(CC1CC1)NC(=O)c1cc(C)nc(NC)c1. The van der Waals surface area contributed by atoms with Crippen molar-refractivity contribution in [2.75, 3.05) is 12.4 Å². The minimum Gasteiger partial charge on any atom is -0.373 e. The predicted octanol–water partition coefficient (Wildman–Crippen LogP) is 2.74. The summed E-state index contributed by atoms with van der Waals surface area (Å²) in [6, 6.07) is 3.93. The van der Waals surface area contributed by atoms with Crippen LogP contribution < -0.4 is 10.6 Å². The quantitative estimate of drug-likeness (QED) is 0.828. The lowest BCUT2D eigenvalue weighted by Gasteiger charge is -2.17. The monoisotopic (exact) mass is 261 g/mol. The zero-order valence-electron chi connectivity index (χ0n) is 12.0. The molecule has 1 fully saturated rings. The molecule has 2 N–H and O–H groups in total. The Morgan fingerprint density at radius 3 is 2.79 bits per heavy atom. The number of anilines is 1. The highest BCUT2D eigenvalue weighted by molar-refractivity contribution is 5.95. The van der Waals surface area contributed by atoms with E-state index in [9.17, 15) is 4.79 Å². The van der Waals surface area contributed by atoms with Gasteiger partial charge in [-0.25, -0.2) is 4.98 Å². The molecule has 1 unspecified atom stereocenters. The van der Waals surface area contributed by atoms with Gasteiger partial charge >= 0.3 is 0 Å². The lowest BCUT2D eigenvalue weighted by atomic mass is 10.1.